The Balaban J connectivity index is 3.40. The lowest BCUT2D eigenvalue weighted by Gasteiger charge is -2.20. The van der Waals surface area contributed by atoms with E-state index in [1.807, 2.05) is 6.08 Å². The van der Waals surface area contributed by atoms with Crippen molar-refractivity contribution < 1.29 is 24.5 Å². The molecule has 0 aliphatic carbocycles. The minimum atomic E-state index is -0.845. The van der Waals surface area contributed by atoms with Gasteiger partial charge in [0.15, 0.2) is 0 Å². The first-order chi connectivity index (χ1) is 36.0. The molecule has 0 rings (SSSR count). The third-order valence-electron chi connectivity index (χ3n) is 15.1. The van der Waals surface area contributed by atoms with Crippen LogP contribution in [0, 0.1) is 0 Å². The Bertz CT molecular complexity index is 1180. The van der Waals surface area contributed by atoms with Crippen LogP contribution in [0.5, 0.6) is 0 Å². The second kappa shape index (κ2) is 62.6. The lowest BCUT2D eigenvalue weighted by Crippen LogP contribution is -2.45. The van der Waals surface area contributed by atoms with Gasteiger partial charge < -0.3 is 20.3 Å². The molecule has 0 radical (unpaired) electrons. The predicted molar refractivity (Wildman–Crippen MR) is 319 cm³/mol. The van der Waals surface area contributed by atoms with E-state index in [1.54, 1.807) is 6.08 Å². The first-order valence-electron chi connectivity index (χ1n) is 32.8. The van der Waals surface area contributed by atoms with Gasteiger partial charge in [-0.2, -0.15) is 0 Å². The number of allylic oxidation sites excluding steroid dienone is 5. The Morgan fingerprint density at radius 1 is 0.370 bits per heavy atom. The number of aliphatic hydroxyl groups excluding tert-OH is 2. The van der Waals surface area contributed by atoms with E-state index >= 15 is 0 Å². The van der Waals surface area contributed by atoms with Gasteiger partial charge in [0, 0.05) is 12.8 Å². The summed E-state index contributed by atoms with van der Waals surface area (Å²) in [6, 6.07) is -0.629. The van der Waals surface area contributed by atoms with Gasteiger partial charge in [-0.05, 0) is 83.5 Å². The van der Waals surface area contributed by atoms with Crippen LogP contribution in [-0.4, -0.2) is 47.4 Å². The van der Waals surface area contributed by atoms with Gasteiger partial charge in [0.1, 0.15) is 0 Å². The molecule has 0 saturated heterocycles. The van der Waals surface area contributed by atoms with Crippen LogP contribution in [0.2, 0.25) is 0 Å². The van der Waals surface area contributed by atoms with E-state index in [0.717, 1.165) is 44.9 Å². The predicted octanol–water partition coefficient (Wildman–Crippen LogP) is 20.8. The molecule has 6 heteroatoms. The number of hydrogen-bond acceptors (Lipinski definition) is 5. The minimum Gasteiger partial charge on any atom is -0.466 e. The van der Waals surface area contributed by atoms with Gasteiger partial charge in [-0.25, -0.2) is 0 Å². The second-order valence-corrected chi connectivity index (χ2v) is 22.4. The quantitative estimate of drug-likeness (QED) is 0.0320. The molecule has 1 amide bonds. The average Bonchev–Trinajstić information content (AvgIpc) is 3.39. The summed E-state index contributed by atoms with van der Waals surface area (Å²) in [7, 11) is 0. The number of rotatable bonds is 61. The maximum absolute atomic E-state index is 12.5. The zero-order valence-electron chi connectivity index (χ0n) is 49.1. The molecule has 0 aromatic carbocycles. The zero-order valence-corrected chi connectivity index (χ0v) is 49.1. The van der Waals surface area contributed by atoms with Crippen molar-refractivity contribution in [1.29, 1.82) is 0 Å². The third kappa shape index (κ3) is 59.2. The fraction of sp³-hybridized carbons (Fsp3) is 0.881. The van der Waals surface area contributed by atoms with Crippen molar-refractivity contribution in [3.05, 3.63) is 36.5 Å². The summed E-state index contributed by atoms with van der Waals surface area (Å²) < 4.78 is 5.49. The molecule has 430 valence electrons. The van der Waals surface area contributed by atoms with E-state index in [9.17, 15) is 19.8 Å². The summed E-state index contributed by atoms with van der Waals surface area (Å²) in [5.74, 6) is -0.0622. The first-order valence-corrected chi connectivity index (χ1v) is 32.8. The first kappa shape index (κ1) is 71.1. The number of unbranched alkanes of at least 4 members (excludes halogenated alkanes) is 46. The summed E-state index contributed by atoms with van der Waals surface area (Å²) in [4.78, 5) is 24.5. The minimum absolute atomic E-state index is 0.00665. The van der Waals surface area contributed by atoms with Gasteiger partial charge in [0.25, 0.3) is 0 Å². The van der Waals surface area contributed by atoms with Crippen molar-refractivity contribution in [3.8, 4) is 0 Å². The largest absolute Gasteiger partial charge is 0.466 e. The Kier molecular flexibility index (Phi) is 61.0. The number of esters is 1. The molecule has 0 saturated carbocycles. The van der Waals surface area contributed by atoms with Crippen LogP contribution in [0.3, 0.4) is 0 Å². The van der Waals surface area contributed by atoms with Crippen molar-refractivity contribution in [3.63, 3.8) is 0 Å². The van der Waals surface area contributed by atoms with Crippen LogP contribution >= 0.6 is 0 Å². The molecule has 3 N–H and O–H groups in total. The maximum atomic E-state index is 12.5. The smallest absolute Gasteiger partial charge is 0.305 e. The summed E-state index contributed by atoms with van der Waals surface area (Å²) in [5.41, 5.74) is 0. The third-order valence-corrected chi connectivity index (χ3v) is 15.1. The van der Waals surface area contributed by atoms with Crippen molar-refractivity contribution in [2.75, 3.05) is 13.2 Å². The lowest BCUT2D eigenvalue weighted by atomic mass is 10.0. The Labute approximate surface area is 455 Å². The highest BCUT2D eigenvalue weighted by atomic mass is 16.5. The molecule has 0 fully saturated rings. The molecule has 0 heterocycles. The number of ether oxygens (including phenoxy) is 1. The highest BCUT2D eigenvalue weighted by Gasteiger charge is 2.18. The SMILES string of the molecule is CCCCCCCCC/C=C\CCCCCCCC(=O)OCCCCCCCCCCCCCC/C=C\CCCCCCCCCCCCC(=O)NC(CO)C(O)/C=C/CCCCCCCCCCCCCC. The summed E-state index contributed by atoms with van der Waals surface area (Å²) in [5, 5.41) is 23.1. The van der Waals surface area contributed by atoms with E-state index in [1.165, 1.54) is 283 Å². The van der Waals surface area contributed by atoms with Gasteiger partial charge in [0.2, 0.25) is 5.91 Å². The lowest BCUT2D eigenvalue weighted by molar-refractivity contribution is -0.143. The highest BCUT2D eigenvalue weighted by molar-refractivity contribution is 5.76. The normalized spacial score (nSPS) is 12.8. The standard InChI is InChI=1S/C67H127NO5/c1-3-5-7-9-11-13-15-17-19-33-37-41-45-49-53-57-61-67(72)73-62-58-54-50-46-42-38-34-31-29-27-25-23-21-20-22-24-26-28-30-32-36-40-44-48-52-56-60-66(71)68-64(63-69)65(70)59-55-51-47-43-39-35-18-16-14-12-10-8-6-4-2/h19-20,22,33,55,59,64-65,69-70H,3-18,21,23-32,34-54,56-58,60-63H2,1-2H3,(H,68,71)/b22-20-,33-19-,59-55+. The van der Waals surface area contributed by atoms with E-state index in [-0.39, 0.29) is 18.5 Å². The number of hydrogen-bond donors (Lipinski definition) is 3. The van der Waals surface area contributed by atoms with Gasteiger partial charge >= 0.3 is 5.97 Å². The number of amides is 1. The van der Waals surface area contributed by atoms with Crippen molar-refractivity contribution in [1.82, 2.24) is 5.32 Å². The van der Waals surface area contributed by atoms with Gasteiger partial charge in [-0.3, -0.25) is 9.59 Å². The summed E-state index contributed by atoms with van der Waals surface area (Å²) >= 11 is 0. The van der Waals surface area contributed by atoms with Crippen LogP contribution in [0.1, 0.15) is 354 Å². The van der Waals surface area contributed by atoms with Gasteiger partial charge in [-0.1, -0.05) is 294 Å². The zero-order chi connectivity index (χ0) is 52.9. The van der Waals surface area contributed by atoms with Crippen molar-refractivity contribution >= 4 is 11.9 Å². The molecule has 73 heavy (non-hydrogen) atoms. The van der Waals surface area contributed by atoms with Crippen molar-refractivity contribution in [2.24, 2.45) is 0 Å². The van der Waals surface area contributed by atoms with Crippen LogP contribution in [0.4, 0.5) is 0 Å². The highest BCUT2D eigenvalue weighted by Crippen LogP contribution is 2.17. The Morgan fingerprint density at radius 2 is 0.644 bits per heavy atom. The fourth-order valence-corrected chi connectivity index (χ4v) is 10.1. The number of carbonyl (C=O) groups is 2. The van der Waals surface area contributed by atoms with Gasteiger partial charge in [0.05, 0.1) is 25.4 Å². The van der Waals surface area contributed by atoms with Crippen molar-refractivity contribution in [2.45, 2.75) is 366 Å². The summed E-state index contributed by atoms with van der Waals surface area (Å²) in [6.07, 6.45) is 79.1. The number of carbonyl (C=O) groups excluding carboxylic acids is 2. The van der Waals surface area contributed by atoms with E-state index < -0.39 is 12.1 Å². The molecule has 0 spiro atoms. The molecule has 0 aliphatic rings. The molecule has 0 aromatic heterocycles. The topological polar surface area (TPSA) is 95.9 Å². The molecule has 2 unspecified atom stereocenters. The summed E-state index contributed by atoms with van der Waals surface area (Å²) in [6.45, 7) is 4.91. The molecule has 0 aromatic rings. The second-order valence-electron chi connectivity index (χ2n) is 22.4. The van der Waals surface area contributed by atoms with Crippen LogP contribution < -0.4 is 5.32 Å². The maximum Gasteiger partial charge on any atom is 0.305 e. The molecule has 6 nitrogen and oxygen atoms in total. The molecular formula is C67H127NO5. The average molecular weight is 1030 g/mol. The number of nitrogens with one attached hydrogen (secondary N) is 1. The monoisotopic (exact) mass is 1030 g/mol. The molecular weight excluding hydrogens is 899 g/mol. The van der Waals surface area contributed by atoms with Crippen LogP contribution in [-0.2, 0) is 14.3 Å². The molecule has 0 aliphatic heterocycles. The number of aliphatic hydroxyl groups is 2. The van der Waals surface area contributed by atoms with E-state index in [2.05, 4.69) is 43.5 Å². The Hall–Kier alpha value is -1.92. The van der Waals surface area contributed by atoms with Crippen LogP contribution in [0.15, 0.2) is 36.5 Å². The fourth-order valence-electron chi connectivity index (χ4n) is 10.1. The van der Waals surface area contributed by atoms with E-state index in [0.29, 0.717) is 19.4 Å². The molecule has 2 atom stereocenters. The molecule has 0 bridgehead atoms. The van der Waals surface area contributed by atoms with Gasteiger partial charge in [-0.15, -0.1) is 0 Å². The Morgan fingerprint density at radius 3 is 0.973 bits per heavy atom. The van der Waals surface area contributed by atoms with E-state index in [4.69, 9.17) is 4.74 Å². The van der Waals surface area contributed by atoms with Crippen LogP contribution in [0.25, 0.3) is 0 Å².